The molecule has 2 rings (SSSR count). The first-order valence-corrected chi connectivity index (χ1v) is 8.01. The fourth-order valence-corrected chi connectivity index (χ4v) is 3.18. The van der Waals surface area contributed by atoms with Gasteiger partial charge in [-0.05, 0) is 57.4 Å². The predicted octanol–water partition coefficient (Wildman–Crippen LogP) is 4.58. The number of aliphatic carboxylic acids is 1. The molecule has 0 bridgehead atoms. The molecule has 1 aliphatic rings. The van der Waals surface area contributed by atoms with Crippen molar-refractivity contribution in [3.8, 4) is 0 Å². The highest BCUT2D eigenvalue weighted by Gasteiger charge is 2.42. The number of carbonyl (C=O) groups is 2. The Kier molecular flexibility index (Phi) is 4.90. The fourth-order valence-electron chi connectivity index (χ4n) is 2.87. The number of benzene rings is 1. The molecule has 0 spiro atoms. The van der Waals surface area contributed by atoms with Gasteiger partial charge in [0.05, 0.1) is 6.42 Å². The van der Waals surface area contributed by atoms with Crippen molar-refractivity contribution in [1.29, 1.82) is 0 Å². The van der Waals surface area contributed by atoms with Gasteiger partial charge in [0.15, 0.2) is 0 Å². The average Bonchev–Trinajstić information content (AvgIpc) is 2.34. The minimum absolute atomic E-state index is 0.0443. The number of nitrogens with one attached hydrogen (secondary N) is 1. The molecule has 1 aliphatic carbocycles. The summed E-state index contributed by atoms with van der Waals surface area (Å²) in [6.45, 7) is 5.36. The van der Waals surface area contributed by atoms with Crippen LogP contribution in [0.25, 0.3) is 0 Å². The molecule has 126 valence electrons. The van der Waals surface area contributed by atoms with E-state index in [-0.39, 0.29) is 6.42 Å². The summed E-state index contributed by atoms with van der Waals surface area (Å²) >= 11 is 6.28. The largest absolute Gasteiger partial charge is 0.481 e. The van der Waals surface area contributed by atoms with Crippen LogP contribution in [-0.4, -0.2) is 22.8 Å². The van der Waals surface area contributed by atoms with Crippen molar-refractivity contribution in [2.24, 2.45) is 0 Å². The van der Waals surface area contributed by atoms with Crippen LogP contribution < -0.4 is 5.32 Å². The lowest BCUT2D eigenvalue weighted by Crippen LogP contribution is -2.37. The summed E-state index contributed by atoms with van der Waals surface area (Å²) in [5.74, 6) is -0.841. The zero-order valence-corrected chi connectivity index (χ0v) is 14.4. The van der Waals surface area contributed by atoms with Crippen molar-refractivity contribution in [3.05, 3.63) is 28.8 Å². The van der Waals surface area contributed by atoms with E-state index >= 15 is 0 Å². The molecule has 0 radical (unpaired) electrons. The van der Waals surface area contributed by atoms with Gasteiger partial charge in [-0.1, -0.05) is 18.0 Å². The highest BCUT2D eigenvalue weighted by Crippen LogP contribution is 2.49. The highest BCUT2D eigenvalue weighted by molar-refractivity contribution is 6.31. The van der Waals surface area contributed by atoms with Gasteiger partial charge in [-0.25, -0.2) is 4.79 Å². The standard InChI is InChI=1S/C17H22ClNO4/c1-16(2,3)23-15(22)19-11-5-6-13(18)12(9-11)17(7-4-8-17)10-14(20)21/h5-6,9H,4,7-8,10H2,1-3H3,(H,19,22)(H,20,21). The molecular formula is C17H22ClNO4. The summed E-state index contributed by atoms with van der Waals surface area (Å²) in [5.41, 5.74) is 0.309. The molecule has 1 amide bonds. The summed E-state index contributed by atoms with van der Waals surface area (Å²) in [6.07, 6.45) is 2.05. The Bertz CT molecular complexity index is 618. The van der Waals surface area contributed by atoms with Crippen LogP contribution in [0.1, 0.15) is 52.0 Å². The molecular weight excluding hydrogens is 318 g/mol. The summed E-state index contributed by atoms with van der Waals surface area (Å²) in [6, 6.07) is 5.13. The minimum Gasteiger partial charge on any atom is -0.481 e. The first kappa shape index (κ1) is 17.6. The lowest BCUT2D eigenvalue weighted by molar-refractivity contribution is -0.139. The molecule has 0 aliphatic heterocycles. The van der Waals surface area contributed by atoms with Crippen molar-refractivity contribution in [1.82, 2.24) is 0 Å². The zero-order valence-electron chi connectivity index (χ0n) is 13.6. The van der Waals surface area contributed by atoms with Crippen LogP contribution in [0.15, 0.2) is 18.2 Å². The molecule has 0 unspecified atom stereocenters. The lowest BCUT2D eigenvalue weighted by Gasteiger charge is -2.42. The van der Waals surface area contributed by atoms with Crippen molar-refractivity contribution in [2.75, 3.05) is 5.32 Å². The number of carboxylic acid groups (broad SMARTS) is 1. The highest BCUT2D eigenvalue weighted by atomic mass is 35.5. The number of anilines is 1. The Morgan fingerprint density at radius 3 is 2.48 bits per heavy atom. The van der Waals surface area contributed by atoms with Crippen molar-refractivity contribution < 1.29 is 19.4 Å². The normalized spacial score (nSPS) is 16.3. The van der Waals surface area contributed by atoms with Crippen molar-refractivity contribution in [3.63, 3.8) is 0 Å². The van der Waals surface area contributed by atoms with Crippen LogP contribution >= 0.6 is 11.6 Å². The lowest BCUT2D eigenvalue weighted by atomic mass is 9.62. The quantitative estimate of drug-likeness (QED) is 0.841. The summed E-state index contributed by atoms with van der Waals surface area (Å²) in [4.78, 5) is 23.1. The van der Waals surface area contributed by atoms with Gasteiger partial charge in [0.1, 0.15) is 5.60 Å². The maximum Gasteiger partial charge on any atom is 0.412 e. The first-order chi connectivity index (χ1) is 10.6. The monoisotopic (exact) mass is 339 g/mol. The van der Waals surface area contributed by atoms with E-state index in [9.17, 15) is 14.7 Å². The van der Waals surface area contributed by atoms with Gasteiger partial charge in [0.2, 0.25) is 0 Å². The van der Waals surface area contributed by atoms with Crippen molar-refractivity contribution >= 4 is 29.4 Å². The molecule has 0 aromatic heterocycles. The molecule has 1 saturated carbocycles. The van der Waals surface area contributed by atoms with Crippen LogP contribution in [0.4, 0.5) is 10.5 Å². The van der Waals surface area contributed by atoms with Gasteiger partial charge in [0, 0.05) is 16.1 Å². The number of carboxylic acids is 1. The molecule has 0 atom stereocenters. The molecule has 1 fully saturated rings. The second-order valence-corrected chi connectivity index (χ2v) is 7.43. The summed E-state index contributed by atoms with van der Waals surface area (Å²) < 4.78 is 5.23. The van der Waals surface area contributed by atoms with E-state index in [2.05, 4.69) is 5.32 Å². The topological polar surface area (TPSA) is 75.6 Å². The third kappa shape index (κ3) is 4.38. The summed E-state index contributed by atoms with van der Waals surface area (Å²) in [5, 5.41) is 12.4. The molecule has 1 aromatic rings. The average molecular weight is 340 g/mol. The Balaban J connectivity index is 2.22. The Labute approximate surface area is 141 Å². The first-order valence-electron chi connectivity index (χ1n) is 7.63. The molecule has 0 heterocycles. The van der Waals surface area contributed by atoms with E-state index in [1.807, 2.05) is 0 Å². The zero-order chi connectivity index (χ0) is 17.3. The van der Waals surface area contributed by atoms with Crippen LogP contribution in [0.3, 0.4) is 0 Å². The molecule has 1 aromatic carbocycles. The second kappa shape index (κ2) is 6.40. The van der Waals surface area contributed by atoms with E-state index in [0.29, 0.717) is 10.7 Å². The van der Waals surface area contributed by atoms with Crippen LogP contribution in [0, 0.1) is 0 Å². The summed E-state index contributed by atoms with van der Waals surface area (Å²) in [7, 11) is 0. The number of rotatable bonds is 4. The SMILES string of the molecule is CC(C)(C)OC(=O)Nc1ccc(Cl)c(C2(CC(=O)O)CCC2)c1. The molecule has 6 heteroatoms. The fraction of sp³-hybridized carbons (Fsp3) is 0.529. The minimum atomic E-state index is -0.841. The number of ether oxygens (including phenoxy) is 1. The number of amides is 1. The predicted molar refractivity (Wildman–Crippen MR) is 89.1 cm³/mol. The van der Waals surface area contributed by atoms with Crippen LogP contribution in [-0.2, 0) is 14.9 Å². The molecule has 0 saturated heterocycles. The molecule has 5 nitrogen and oxygen atoms in total. The van der Waals surface area contributed by atoms with Crippen LogP contribution in [0.5, 0.6) is 0 Å². The number of halogens is 1. The van der Waals surface area contributed by atoms with E-state index in [0.717, 1.165) is 24.8 Å². The Hall–Kier alpha value is -1.75. The third-order valence-corrected chi connectivity index (χ3v) is 4.31. The maximum absolute atomic E-state index is 11.9. The molecule has 23 heavy (non-hydrogen) atoms. The van der Waals surface area contributed by atoms with Gasteiger partial charge in [-0.2, -0.15) is 0 Å². The van der Waals surface area contributed by atoms with E-state index in [1.165, 1.54) is 0 Å². The Morgan fingerprint density at radius 2 is 2.00 bits per heavy atom. The van der Waals surface area contributed by atoms with E-state index < -0.39 is 23.1 Å². The van der Waals surface area contributed by atoms with Gasteiger partial charge in [-0.3, -0.25) is 10.1 Å². The van der Waals surface area contributed by atoms with E-state index in [4.69, 9.17) is 16.3 Å². The Morgan fingerprint density at radius 1 is 1.35 bits per heavy atom. The number of hydrogen-bond donors (Lipinski definition) is 2. The maximum atomic E-state index is 11.9. The number of carbonyl (C=O) groups excluding carboxylic acids is 1. The van der Waals surface area contributed by atoms with Gasteiger partial charge < -0.3 is 9.84 Å². The van der Waals surface area contributed by atoms with Gasteiger partial charge in [0.25, 0.3) is 0 Å². The van der Waals surface area contributed by atoms with Crippen LogP contribution in [0.2, 0.25) is 5.02 Å². The smallest absolute Gasteiger partial charge is 0.412 e. The van der Waals surface area contributed by atoms with Gasteiger partial charge in [-0.15, -0.1) is 0 Å². The third-order valence-electron chi connectivity index (χ3n) is 3.98. The van der Waals surface area contributed by atoms with Crippen molar-refractivity contribution in [2.45, 2.75) is 57.5 Å². The number of hydrogen-bond acceptors (Lipinski definition) is 3. The van der Waals surface area contributed by atoms with E-state index in [1.54, 1.807) is 39.0 Å². The molecule has 2 N–H and O–H groups in total. The second-order valence-electron chi connectivity index (χ2n) is 7.03. The van der Waals surface area contributed by atoms with Gasteiger partial charge >= 0.3 is 12.1 Å².